The molecule has 0 unspecified atom stereocenters. The lowest BCUT2D eigenvalue weighted by atomic mass is 10.0. The third kappa shape index (κ3) is 6.38. The molecule has 0 aliphatic rings. The summed E-state index contributed by atoms with van der Waals surface area (Å²) < 4.78 is 10.2. The van der Waals surface area contributed by atoms with Crippen molar-refractivity contribution in [3.8, 4) is 0 Å². The van der Waals surface area contributed by atoms with Crippen LogP contribution in [-0.4, -0.2) is 57.8 Å². The second-order valence-electron chi connectivity index (χ2n) is 5.46. The van der Waals surface area contributed by atoms with E-state index >= 15 is 0 Å². The normalized spacial score (nSPS) is 11.3. The molecule has 0 heterocycles. The van der Waals surface area contributed by atoms with Gasteiger partial charge in [-0.15, -0.1) is 0 Å². The number of carbonyl (C=O) groups is 1. The maximum atomic E-state index is 12.3. The average Bonchev–Trinajstić information content (AvgIpc) is 2.49. The lowest BCUT2D eigenvalue weighted by molar-refractivity contribution is 0.0837. The van der Waals surface area contributed by atoms with E-state index in [1.807, 2.05) is 24.3 Å². The average molecular weight is 293 g/mol. The van der Waals surface area contributed by atoms with E-state index in [1.54, 1.807) is 14.2 Å². The van der Waals surface area contributed by atoms with Gasteiger partial charge >= 0.3 is 0 Å². The van der Waals surface area contributed by atoms with Crippen molar-refractivity contribution in [3.05, 3.63) is 35.4 Å². The highest BCUT2D eigenvalue weighted by Gasteiger charge is 2.12. The van der Waals surface area contributed by atoms with Crippen molar-refractivity contribution in [2.75, 3.05) is 47.1 Å². The first-order valence-corrected chi connectivity index (χ1v) is 7.41. The number of methoxy groups -OCH3 is 2. The molecular weight excluding hydrogens is 266 g/mol. The Hall–Kier alpha value is -1.23. The number of ketones is 1. The third-order valence-corrected chi connectivity index (χ3v) is 3.49. The summed E-state index contributed by atoms with van der Waals surface area (Å²) in [6.07, 6.45) is 0. The molecule has 0 saturated carbocycles. The minimum Gasteiger partial charge on any atom is -0.383 e. The molecule has 0 aromatic heterocycles. The second kappa shape index (κ2) is 9.66. The Kier molecular flexibility index (Phi) is 8.20. The van der Waals surface area contributed by atoms with Crippen molar-refractivity contribution in [2.24, 2.45) is 0 Å². The van der Waals surface area contributed by atoms with Gasteiger partial charge in [0.15, 0.2) is 5.78 Å². The van der Waals surface area contributed by atoms with Gasteiger partial charge in [-0.3, -0.25) is 9.69 Å². The zero-order valence-corrected chi connectivity index (χ0v) is 13.6. The Morgan fingerprint density at radius 3 is 2.00 bits per heavy atom. The zero-order valence-electron chi connectivity index (χ0n) is 13.6. The Balaban J connectivity index is 2.62. The smallest absolute Gasteiger partial charge is 0.176 e. The SMILES string of the molecule is COCCN(CCOC)CC(=O)c1ccc(C(C)C)cc1. The molecule has 1 aromatic rings. The number of carbonyl (C=O) groups excluding carboxylic acids is 1. The Labute approximate surface area is 128 Å². The Morgan fingerprint density at radius 2 is 1.57 bits per heavy atom. The van der Waals surface area contributed by atoms with Gasteiger partial charge in [-0.25, -0.2) is 0 Å². The summed E-state index contributed by atoms with van der Waals surface area (Å²) in [6.45, 7) is 7.38. The van der Waals surface area contributed by atoms with Gasteiger partial charge in [-0.05, 0) is 11.5 Å². The standard InChI is InChI=1S/C17H27NO3/c1-14(2)15-5-7-16(8-6-15)17(19)13-18(9-11-20-3)10-12-21-4/h5-8,14H,9-13H2,1-4H3. The fraction of sp³-hybridized carbons (Fsp3) is 0.588. The molecular formula is C17H27NO3. The summed E-state index contributed by atoms with van der Waals surface area (Å²) >= 11 is 0. The molecule has 0 aliphatic carbocycles. The van der Waals surface area contributed by atoms with E-state index < -0.39 is 0 Å². The molecule has 0 spiro atoms. The summed E-state index contributed by atoms with van der Waals surface area (Å²) in [5, 5.41) is 0. The van der Waals surface area contributed by atoms with Crippen molar-refractivity contribution in [2.45, 2.75) is 19.8 Å². The second-order valence-corrected chi connectivity index (χ2v) is 5.46. The van der Waals surface area contributed by atoms with Crippen LogP contribution >= 0.6 is 0 Å². The van der Waals surface area contributed by atoms with Gasteiger partial charge in [0.1, 0.15) is 0 Å². The highest BCUT2D eigenvalue weighted by Crippen LogP contribution is 2.15. The predicted octanol–water partition coefficient (Wildman–Crippen LogP) is 2.59. The molecule has 118 valence electrons. The molecule has 21 heavy (non-hydrogen) atoms. The van der Waals surface area contributed by atoms with Gasteiger partial charge in [-0.1, -0.05) is 38.1 Å². The van der Waals surface area contributed by atoms with E-state index in [4.69, 9.17) is 9.47 Å². The fourth-order valence-corrected chi connectivity index (χ4v) is 2.06. The van der Waals surface area contributed by atoms with Crippen molar-refractivity contribution in [3.63, 3.8) is 0 Å². The molecule has 4 heteroatoms. The molecule has 0 amide bonds. The van der Waals surface area contributed by atoms with Gasteiger partial charge in [0.2, 0.25) is 0 Å². The molecule has 1 aromatic carbocycles. The van der Waals surface area contributed by atoms with Gasteiger partial charge in [0.25, 0.3) is 0 Å². The summed E-state index contributed by atoms with van der Waals surface area (Å²) in [7, 11) is 3.34. The summed E-state index contributed by atoms with van der Waals surface area (Å²) in [6, 6.07) is 7.91. The first kappa shape index (κ1) is 17.8. The molecule has 0 N–H and O–H groups in total. The lowest BCUT2D eigenvalue weighted by Gasteiger charge is -2.20. The van der Waals surface area contributed by atoms with Crippen LogP contribution in [0.1, 0.15) is 35.7 Å². The molecule has 0 radical (unpaired) electrons. The van der Waals surface area contributed by atoms with E-state index in [2.05, 4.69) is 18.7 Å². The van der Waals surface area contributed by atoms with Crippen LogP contribution in [0.15, 0.2) is 24.3 Å². The van der Waals surface area contributed by atoms with E-state index in [0.29, 0.717) is 25.7 Å². The largest absolute Gasteiger partial charge is 0.383 e. The first-order valence-electron chi connectivity index (χ1n) is 7.41. The molecule has 0 saturated heterocycles. The van der Waals surface area contributed by atoms with Crippen LogP contribution in [0.25, 0.3) is 0 Å². The first-order chi connectivity index (χ1) is 10.1. The number of ether oxygens (including phenoxy) is 2. The number of benzene rings is 1. The summed E-state index contributed by atoms with van der Waals surface area (Å²) in [5.74, 6) is 0.617. The van der Waals surface area contributed by atoms with Crippen molar-refractivity contribution in [1.82, 2.24) is 4.90 Å². The van der Waals surface area contributed by atoms with Gasteiger partial charge in [0, 0.05) is 32.9 Å². The van der Waals surface area contributed by atoms with Crippen LogP contribution in [-0.2, 0) is 9.47 Å². The Morgan fingerprint density at radius 1 is 1.05 bits per heavy atom. The monoisotopic (exact) mass is 293 g/mol. The minimum absolute atomic E-state index is 0.137. The Bertz CT molecular complexity index is 407. The van der Waals surface area contributed by atoms with Gasteiger partial charge in [-0.2, -0.15) is 0 Å². The van der Waals surface area contributed by atoms with Crippen LogP contribution in [0, 0.1) is 0 Å². The summed E-state index contributed by atoms with van der Waals surface area (Å²) in [5.41, 5.74) is 2.02. The van der Waals surface area contributed by atoms with Crippen LogP contribution in [0.3, 0.4) is 0 Å². The minimum atomic E-state index is 0.137. The van der Waals surface area contributed by atoms with Crippen LogP contribution in [0.5, 0.6) is 0 Å². The van der Waals surface area contributed by atoms with E-state index in [9.17, 15) is 4.79 Å². The molecule has 4 nitrogen and oxygen atoms in total. The van der Waals surface area contributed by atoms with E-state index in [0.717, 1.165) is 18.7 Å². The topological polar surface area (TPSA) is 38.8 Å². The summed E-state index contributed by atoms with van der Waals surface area (Å²) in [4.78, 5) is 14.4. The number of hydrogen-bond donors (Lipinski definition) is 0. The zero-order chi connectivity index (χ0) is 15.7. The molecule has 0 atom stereocenters. The molecule has 0 aliphatic heterocycles. The molecule has 0 fully saturated rings. The number of nitrogens with zero attached hydrogens (tertiary/aromatic N) is 1. The number of hydrogen-bond acceptors (Lipinski definition) is 4. The van der Waals surface area contributed by atoms with Crippen molar-refractivity contribution < 1.29 is 14.3 Å². The maximum Gasteiger partial charge on any atom is 0.176 e. The molecule has 1 rings (SSSR count). The molecule has 0 bridgehead atoms. The van der Waals surface area contributed by atoms with Crippen molar-refractivity contribution >= 4 is 5.78 Å². The third-order valence-electron chi connectivity index (χ3n) is 3.49. The van der Waals surface area contributed by atoms with Crippen molar-refractivity contribution in [1.29, 1.82) is 0 Å². The quantitative estimate of drug-likeness (QED) is 0.622. The highest BCUT2D eigenvalue weighted by molar-refractivity contribution is 5.97. The van der Waals surface area contributed by atoms with Crippen LogP contribution in [0.2, 0.25) is 0 Å². The van der Waals surface area contributed by atoms with E-state index in [-0.39, 0.29) is 5.78 Å². The lowest BCUT2D eigenvalue weighted by Crippen LogP contribution is -2.35. The highest BCUT2D eigenvalue weighted by atomic mass is 16.5. The van der Waals surface area contributed by atoms with Crippen LogP contribution in [0.4, 0.5) is 0 Å². The fourth-order valence-electron chi connectivity index (χ4n) is 2.06. The van der Waals surface area contributed by atoms with Crippen LogP contribution < -0.4 is 0 Å². The van der Waals surface area contributed by atoms with Gasteiger partial charge in [0.05, 0.1) is 19.8 Å². The number of rotatable bonds is 10. The van der Waals surface area contributed by atoms with E-state index in [1.165, 1.54) is 5.56 Å². The maximum absolute atomic E-state index is 12.3. The van der Waals surface area contributed by atoms with Gasteiger partial charge < -0.3 is 9.47 Å². The number of Topliss-reactive ketones (excluding diaryl/α,β-unsaturated/α-hetero) is 1. The predicted molar refractivity (Wildman–Crippen MR) is 85.1 cm³/mol.